The average molecular weight is 555 g/mol. The van der Waals surface area contributed by atoms with E-state index in [9.17, 15) is 24.3 Å². The standard InChI is InChI=1S/C22H39BrN2O9/c1-2-9-31-11-13-33-16-18(26)6-5-10-32-12-14-34-17-21(28)25-19(22(29)30)7-3-4-8-24-20(27)15-23/h19H,2-17H2,1H3,(H,24,27)(H,25,28)(H,29,30)/t19-/m0/s1. The molecule has 12 heteroatoms. The van der Waals surface area contributed by atoms with Crippen LogP contribution < -0.4 is 10.6 Å². The SMILES string of the molecule is CCCOCCOCC(=O)CCCOCCOCC(=O)N[C@@H](CCCCNC(=O)CBr)C(=O)O. The zero-order valence-corrected chi connectivity index (χ0v) is 21.6. The number of rotatable bonds is 24. The van der Waals surface area contributed by atoms with E-state index >= 15 is 0 Å². The monoisotopic (exact) mass is 554 g/mol. The Kier molecular flexibility index (Phi) is 22.1. The second kappa shape index (κ2) is 23.2. The van der Waals surface area contributed by atoms with Crippen LogP contribution in [0.25, 0.3) is 0 Å². The Balaban J connectivity index is 3.67. The Morgan fingerprint density at radius 1 is 0.824 bits per heavy atom. The summed E-state index contributed by atoms with van der Waals surface area (Å²) in [7, 11) is 0. The number of unbranched alkanes of at least 4 members (excludes halogenated alkanes) is 1. The number of alkyl halides is 1. The van der Waals surface area contributed by atoms with Crippen molar-refractivity contribution in [1.29, 1.82) is 0 Å². The van der Waals surface area contributed by atoms with Crippen LogP contribution >= 0.6 is 15.9 Å². The molecular weight excluding hydrogens is 516 g/mol. The van der Waals surface area contributed by atoms with Crippen LogP contribution in [-0.4, -0.2) is 99.4 Å². The third-order valence-corrected chi connectivity index (χ3v) is 4.84. The number of amides is 2. The molecule has 0 aliphatic heterocycles. The molecule has 0 saturated carbocycles. The van der Waals surface area contributed by atoms with Crippen molar-refractivity contribution in [1.82, 2.24) is 10.6 Å². The number of hydrogen-bond acceptors (Lipinski definition) is 8. The lowest BCUT2D eigenvalue weighted by atomic mass is 10.1. The van der Waals surface area contributed by atoms with Gasteiger partial charge in [-0.2, -0.15) is 0 Å². The Morgan fingerprint density at radius 2 is 1.47 bits per heavy atom. The quantitative estimate of drug-likeness (QED) is 0.117. The lowest BCUT2D eigenvalue weighted by Crippen LogP contribution is -2.42. The molecule has 0 aromatic carbocycles. The topological polar surface area (TPSA) is 149 Å². The van der Waals surface area contributed by atoms with Crippen LogP contribution in [0.4, 0.5) is 0 Å². The molecule has 0 fully saturated rings. The van der Waals surface area contributed by atoms with Crippen molar-refractivity contribution in [2.75, 3.05) is 64.7 Å². The summed E-state index contributed by atoms with van der Waals surface area (Å²) in [5, 5.41) is 14.6. The number of hydrogen-bond donors (Lipinski definition) is 3. The minimum Gasteiger partial charge on any atom is -0.480 e. The van der Waals surface area contributed by atoms with Gasteiger partial charge in [0.2, 0.25) is 11.8 Å². The van der Waals surface area contributed by atoms with Crippen LogP contribution in [0, 0.1) is 0 Å². The average Bonchev–Trinajstić information content (AvgIpc) is 2.81. The third kappa shape index (κ3) is 21.0. The molecule has 198 valence electrons. The van der Waals surface area contributed by atoms with Gasteiger partial charge in [-0.15, -0.1) is 0 Å². The van der Waals surface area contributed by atoms with E-state index in [-0.39, 0.29) is 49.9 Å². The summed E-state index contributed by atoms with van der Waals surface area (Å²) in [6.45, 7) is 4.66. The van der Waals surface area contributed by atoms with Gasteiger partial charge in [-0.1, -0.05) is 22.9 Å². The maximum Gasteiger partial charge on any atom is 0.326 e. The first kappa shape index (κ1) is 32.4. The van der Waals surface area contributed by atoms with Gasteiger partial charge in [0.15, 0.2) is 5.78 Å². The molecule has 0 aliphatic carbocycles. The van der Waals surface area contributed by atoms with Crippen LogP contribution in [0.5, 0.6) is 0 Å². The maximum absolute atomic E-state index is 11.9. The number of ketones is 1. The van der Waals surface area contributed by atoms with Gasteiger partial charge in [-0.25, -0.2) is 4.79 Å². The predicted molar refractivity (Wildman–Crippen MR) is 128 cm³/mol. The van der Waals surface area contributed by atoms with E-state index in [1.807, 2.05) is 6.92 Å². The molecule has 2 amide bonds. The molecular formula is C22H39BrN2O9. The second-order valence-electron chi connectivity index (χ2n) is 7.41. The molecule has 1 atom stereocenters. The van der Waals surface area contributed by atoms with Crippen LogP contribution in [0.1, 0.15) is 45.4 Å². The number of halogens is 1. The molecule has 0 saturated heterocycles. The number of carboxylic acids is 1. The smallest absolute Gasteiger partial charge is 0.326 e. The number of carboxylic acid groups (broad SMARTS) is 1. The molecule has 0 aromatic heterocycles. The van der Waals surface area contributed by atoms with Crippen molar-refractivity contribution in [2.45, 2.75) is 51.5 Å². The Hall–Kier alpha value is -1.60. The number of Topliss-reactive ketones (excluding diaryl/α,β-unsaturated/α-hetero) is 1. The molecule has 0 unspecified atom stereocenters. The third-order valence-electron chi connectivity index (χ3n) is 4.33. The minimum atomic E-state index is -1.12. The van der Waals surface area contributed by atoms with E-state index in [1.54, 1.807) is 0 Å². The highest BCUT2D eigenvalue weighted by atomic mass is 79.9. The first-order chi connectivity index (χ1) is 16.4. The molecule has 0 radical (unpaired) electrons. The van der Waals surface area contributed by atoms with Gasteiger partial charge in [0, 0.05) is 26.2 Å². The largest absolute Gasteiger partial charge is 0.480 e. The summed E-state index contributed by atoms with van der Waals surface area (Å²) >= 11 is 3.04. The fraction of sp³-hybridized carbons (Fsp3) is 0.818. The lowest BCUT2D eigenvalue weighted by molar-refractivity contribution is -0.142. The van der Waals surface area contributed by atoms with Crippen LogP contribution in [-0.2, 0) is 38.1 Å². The highest BCUT2D eigenvalue weighted by Gasteiger charge is 2.19. The van der Waals surface area contributed by atoms with Gasteiger partial charge in [-0.3, -0.25) is 14.4 Å². The summed E-state index contributed by atoms with van der Waals surface area (Å²) in [5.74, 6) is -1.77. The first-order valence-electron chi connectivity index (χ1n) is 11.6. The summed E-state index contributed by atoms with van der Waals surface area (Å²) in [5.41, 5.74) is 0. The Labute approximate surface area is 209 Å². The van der Waals surface area contributed by atoms with E-state index in [2.05, 4.69) is 26.6 Å². The first-order valence-corrected chi connectivity index (χ1v) is 12.7. The molecule has 0 rings (SSSR count). The van der Waals surface area contributed by atoms with E-state index < -0.39 is 17.9 Å². The maximum atomic E-state index is 11.9. The van der Waals surface area contributed by atoms with E-state index in [4.69, 9.17) is 18.9 Å². The van der Waals surface area contributed by atoms with Gasteiger partial charge >= 0.3 is 5.97 Å². The fourth-order valence-corrected chi connectivity index (χ4v) is 2.82. The van der Waals surface area contributed by atoms with Gasteiger partial charge in [0.25, 0.3) is 0 Å². The Bertz CT molecular complexity index is 579. The number of nitrogens with one attached hydrogen (secondary N) is 2. The molecule has 3 N–H and O–H groups in total. The molecule has 0 aliphatic rings. The number of ether oxygens (including phenoxy) is 4. The lowest BCUT2D eigenvalue weighted by Gasteiger charge is -2.14. The van der Waals surface area contributed by atoms with Gasteiger partial charge in [0.1, 0.15) is 19.3 Å². The van der Waals surface area contributed by atoms with Crippen LogP contribution in [0.15, 0.2) is 0 Å². The normalized spacial score (nSPS) is 11.7. The van der Waals surface area contributed by atoms with Gasteiger partial charge in [0.05, 0.1) is 31.8 Å². The highest BCUT2D eigenvalue weighted by molar-refractivity contribution is 9.09. The van der Waals surface area contributed by atoms with Crippen molar-refractivity contribution in [2.24, 2.45) is 0 Å². The molecule has 34 heavy (non-hydrogen) atoms. The zero-order chi connectivity index (χ0) is 25.4. The van der Waals surface area contributed by atoms with E-state index in [0.29, 0.717) is 58.7 Å². The van der Waals surface area contributed by atoms with Crippen molar-refractivity contribution >= 4 is 39.5 Å². The Morgan fingerprint density at radius 3 is 2.12 bits per heavy atom. The van der Waals surface area contributed by atoms with Crippen LogP contribution in [0.3, 0.4) is 0 Å². The molecule has 11 nitrogen and oxygen atoms in total. The number of aliphatic carboxylic acids is 1. The van der Waals surface area contributed by atoms with Crippen molar-refractivity contribution in [3.63, 3.8) is 0 Å². The van der Waals surface area contributed by atoms with E-state index in [0.717, 1.165) is 6.42 Å². The summed E-state index contributed by atoms with van der Waals surface area (Å²) in [6.07, 6.45) is 3.28. The summed E-state index contributed by atoms with van der Waals surface area (Å²) < 4.78 is 21.0. The van der Waals surface area contributed by atoms with Gasteiger partial charge < -0.3 is 34.7 Å². The number of carbonyl (C=O) groups is 4. The van der Waals surface area contributed by atoms with Crippen molar-refractivity contribution in [3.05, 3.63) is 0 Å². The second-order valence-corrected chi connectivity index (χ2v) is 7.97. The summed E-state index contributed by atoms with van der Waals surface area (Å²) in [6, 6.07) is -1.01. The zero-order valence-electron chi connectivity index (χ0n) is 20.0. The van der Waals surface area contributed by atoms with Crippen LogP contribution in [0.2, 0.25) is 0 Å². The molecule has 0 bridgehead atoms. The van der Waals surface area contributed by atoms with E-state index in [1.165, 1.54) is 0 Å². The molecule has 0 aromatic rings. The predicted octanol–water partition coefficient (Wildman–Crippen LogP) is 1.06. The van der Waals surface area contributed by atoms with Gasteiger partial charge in [-0.05, 0) is 32.1 Å². The molecule has 0 spiro atoms. The fourth-order valence-electron chi connectivity index (χ4n) is 2.62. The number of carbonyl (C=O) groups excluding carboxylic acids is 3. The summed E-state index contributed by atoms with van der Waals surface area (Å²) in [4.78, 5) is 46.0. The highest BCUT2D eigenvalue weighted by Crippen LogP contribution is 2.01. The van der Waals surface area contributed by atoms with Crippen molar-refractivity contribution < 1.29 is 43.2 Å². The van der Waals surface area contributed by atoms with Crippen molar-refractivity contribution in [3.8, 4) is 0 Å². The molecule has 0 heterocycles. The minimum absolute atomic E-state index is 0.00341.